The van der Waals surface area contributed by atoms with Gasteiger partial charge < -0.3 is 15.6 Å². The predicted octanol–water partition coefficient (Wildman–Crippen LogP) is 3.00. The zero-order valence-corrected chi connectivity index (χ0v) is 14.1. The van der Waals surface area contributed by atoms with Crippen LogP contribution in [0.25, 0.3) is 16.5 Å². The molecule has 1 aromatic heterocycles. The summed E-state index contributed by atoms with van der Waals surface area (Å²) in [5, 5.41) is 0.780. The molecule has 2 aromatic rings. The second-order valence-corrected chi connectivity index (χ2v) is 6.30. The third-order valence-electron chi connectivity index (χ3n) is 4.32. The molecule has 126 valence electrons. The van der Waals surface area contributed by atoms with E-state index in [-0.39, 0.29) is 11.5 Å². The summed E-state index contributed by atoms with van der Waals surface area (Å²) in [6, 6.07) is 1.12. The first-order chi connectivity index (χ1) is 11.3. The molecule has 24 heavy (non-hydrogen) atoms. The molecule has 3 rings (SSSR count). The molecule has 1 aliphatic heterocycles. The molecule has 3 N–H and O–H groups in total. The SMILES string of the molecule is CC(=O)N1CCC=C(c2c(F)cc(C(N)=O)c3[nH]c(C)c(Cl)c23)C1. The number of primary amides is 1. The van der Waals surface area contributed by atoms with Crippen LogP contribution in [0.4, 0.5) is 4.39 Å². The Kier molecular flexibility index (Phi) is 4.09. The van der Waals surface area contributed by atoms with Crippen molar-refractivity contribution in [2.75, 3.05) is 13.1 Å². The van der Waals surface area contributed by atoms with Crippen molar-refractivity contribution < 1.29 is 14.0 Å². The second kappa shape index (κ2) is 5.94. The van der Waals surface area contributed by atoms with Gasteiger partial charge in [0.1, 0.15) is 5.82 Å². The lowest BCUT2D eigenvalue weighted by molar-refractivity contribution is -0.128. The fourth-order valence-electron chi connectivity index (χ4n) is 3.13. The third kappa shape index (κ3) is 2.57. The van der Waals surface area contributed by atoms with Crippen molar-refractivity contribution in [1.29, 1.82) is 0 Å². The number of aromatic nitrogens is 1. The molecule has 7 heteroatoms. The molecule has 0 unspecified atom stereocenters. The minimum atomic E-state index is -0.730. The maximum absolute atomic E-state index is 14.8. The molecular formula is C17H17ClFN3O2. The van der Waals surface area contributed by atoms with Gasteiger partial charge in [0.2, 0.25) is 5.91 Å². The molecule has 1 aliphatic rings. The minimum Gasteiger partial charge on any atom is -0.366 e. The fraction of sp³-hybridized carbons (Fsp3) is 0.294. The summed E-state index contributed by atoms with van der Waals surface area (Å²) in [4.78, 5) is 28.0. The highest BCUT2D eigenvalue weighted by Gasteiger charge is 2.25. The number of rotatable bonds is 2. The number of hydrogen-bond donors (Lipinski definition) is 2. The maximum Gasteiger partial charge on any atom is 0.250 e. The molecule has 0 saturated carbocycles. The van der Waals surface area contributed by atoms with Crippen LogP contribution in [0.5, 0.6) is 0 Å². The second-order valence-electron chi connectivity index (χ2n) is 5.92. The highest BCUT2D eigenvalue weighted by molar-refractivity contribution is 6.37. The zero-order valence-electron chi connectivity index (χ0n) is 13.4. The standard InChI is InChI=1S/C17H17ClFN3O2/c1-8-15(18)14-13(10-4-3-5-22(7-10)9(2)23)12(19)6-11(17(20)24)16(14)21-8/h4,6,21H,3,5,7H2,1-2H3,(H2,20,24). The van der Waals surface area contributed by atoms with Crippen LogP contribution >= 0.6 is 11.6 Å². The lowest BCUT2D eigenvalue weighted by Crippen LogP contribution is -2.33. The molecule has 0 saturated heterocycles. The number of nitrogens with two attached hydrogens (primary N) is 1. The van der Waals surface area contributed by atoms with Gasteiger partial charge in [-0.05, 0) is 25.0 Å². The van der Waals surface area contributed by atoms with Gasteiger partial charge in [0.25, 0.3) is 5.91 Å². The summed E-state index contributed by atoms with van der Waals surface area (Å²) in [6.45, 7) is 4.13. The van der Waals surface area contributed by atoms with Crippen molar-refractivity contribution in [2.45, 2.75) is 20.3 Å². The smallest absolute Gasteiger partial charge is 0.250 e. The molecule has 0 atom stereocenters. The van der Waals surface area contributed by atoms with Crippen LogP contribution < -0.4 is 5.73 Å². The normalized spacial score (nSPS) is 14.8. The van der Waals surface area contributed by atoms with Crippen molar-refractivity contribution in [1.82, 2.24) is 9.88 Å². The summed E-state index contributed by atoms with van der Waals surface area (Å²) < 4.78 is 14.8. The first-order valence-corrected chi connectivity index (χ1v) is 7.94. The average molecular weight is 350 g/mol. The fourth-order valence-corrected chi connectivity index (χ4v) is 3.37. The number of nitrogens with zero attached hydrogens (tertiary/aromatic N) is 1. The van der Waals surface area contributed by atoms with Crippen LogP contribution in [-0.4, -0.2) is 34.8 Å². The molecule has 1 aromatic carbocycles. The van der Waals surface area contributed by atoms with E-state index in [2.05, 4.69) is 4.98 Å². The quantitative estimate of drug-likeness (QED) is 0.874. The van der Waals surface area contributed by atoms with Gasteiger partial charge in [0, 0.05) is 36.7 Å². The van der Waals surface area contributed by atoms with Crippen LogP contribution in [0.3, 0.4) is 0 Å². The van der Waals surface area contributed by atoms with E-state index in [0.717, 1.165) is 6.07 Å². The summed E-state index contributed by atoms with van der Waals surface area (Å²) in [7, 11) is 0. The highest BCUT2D eigenvalue weighted by atomic mass is 35.5. The number of amides is 2. The van der Waals surface area contributed by atoms with E-state index in [0.29, 0.717) is 52.3 Å². The number of halogens is 2. The van der Waals surface area contributed by atoms with E-state index in [9.17, 15) is 14.0 Å². The van der Waals surface area contributed by atoms with Gasteiger partial charge in [-0.25, -0.2) is 4.39 Å². The van der Waals surface area contributed by atoms with E-state index in [1.165, 1.54) is 6.92 Å². The third-order valence-corrected chi connectivity index (χ3v) is 4.80. The van der Waals surface area contributed by atoms with E-state index in [4.69, 9.17) is 17.3 Å². The monoisotopic (exact) mass is 349 g/mol. The van der Waals surface area contributed by atoms with Crippen molar-refractivity contribution >= 4 is 39.9 Å². The van der Waals surface area contributed by atoms with E-state index < -0.39 is 11.7 Å². The summed E-state index contributed by atoms with van der Waals surface area (Å²) >= 11 is 6.36. The van der Waals surface area contributed by atoms with Gasteiger partial charge in [-0.3, -0.25) is 9.59 Å². The number of carbonyl (C=O) groups is 2. The average Bonchev–Trinajstić information content (AvgIpc) is 2.82. The molecular weight excluding hydrogens is 333 g/mol. The van der Waals surface area contributed by atoms with E-state index >= 15 is 0 Å². The van der Waals surface area contributed by atoms with Crippen molar-refractivity contribution in [3.05, 3.63) is 39.8 Å². The number of H-pyrrole nitrogens is 1. The minimum absolute atomic E-state index is 0.0566. The largest absolute Gasteiger partial charge is 0.366 e. The van der Waals surface area contributed by atoms with Crippen LogP contribution in [0.1, 0.15) is 35.0 Å². The van der Waals surface area contributed by atoms with Gasteiger partial charge >= 0.3 is 0 Å². The Labute approximate surface area is 143 Å². The first-order valence-electron chi connectivity index (χ1n) is 7.56. The predicted molar refractivity (Wildman–Crippen MR) is 91.4 cm³/mol. The van der Waals surface area contributed by atoms with E-state index in [1.54, 1.807) is 11.8 Å². The molecule has 2 amide bonds. The molecule has 0 radical (unpaired) electrons. The Morgan fingerprint density at radius 3 is 2.75 bits per heavy atom. The topological polar surface area (TPSA) is 79.2 Å². The molecule has 0 bridgehead atoms. The molecule has 2 heterocycles. The highest BCUT2D eigenvalue weighted by Crippen LogP contribution is 2.38. The van der Waals surface area contributed by atoms with Crippen molar-refractivity contribution in [3.63, 3.8) is 0 Å². The molecule has 5 nitrogen and oxygen atoms in total. The Bertz CT molecular complexity index is 901. The number of aryl methyl sites for hydroxylation is 1. The number of aromatic amines is 1. The number of fused-ring (bicyclic) bond motifs is 1. The molecule has 0 spiro atoms. The van der Waals surface area contributed by atoms with Crippen molar-refractivity contribution in [2.24, 2.45) is 5.73 Å². The summed E-state index contributed by atoms with van der Waals surface area (Å²) in [6.07, 6.45) is 2.54. The van der Waals surface area contributed by atoms with Gasteiger partial charge in [-0.15, -0.1) is 0 Å². The Hall–Kier alpha value is -2.34. The molecule has 0 aliphatic carbocycles. The number of carbonyl (C=O) groups excluding carboxylic acids is 2. The van der Waals surface area contributed by atoms with Gasteiger partial charge in [-0.2, -0.15) is 0 Å². The summed E-state index contributed by atoms with van der Waals surface area (Å²) in [5.74, 6) is -1.37. The maximum atomic E-state index is 14.8. The summed E-state index contributed by atoms with van der Waals surface area (Å²) in [5.41, 5.74) is 7.46. The zero-order chi connectivity index (χ0) is 17.6. The Morgan fingerprint density at radius 2 is 2.12 bits per heavy atom. The number of hydrogen-bond acceptors (Lipinski definition) is 2. The van der Waals surface area contributed by atoms with Gasteiger partial charge in [0.05, 0.1) is 16.1 Å². The Morgan fingerprint density at radius 1 is 1.42 bits per heavy atom. The lowest BCUT2D eigenvalue weighted by Gasteiger charge is -2.27. The van der Waals surface area contributed by atoms with Crippen LogP contribution in [-0.2, 0) is 4.79 Å². The Balaban J connectivity index is 2.27. The van der Waals surface area contributed by atoms with Crippen LogP contribution in [0, 0.1) is 12.7 Å². The van der Waals surface area contributed by atoms with Crippen LogP contribution in [0.15, 0.2) is 12.1 Å². The molecule has 0 fully saturated rings. The lowest BCUT2D eigenvalue weighted by atomic mass is 9.95. The first kappa shape index (κ1) is 16.5. The van der Waals surface area contributed by atoms with Crippen LogP contribution in [0.2, 0.25) is 5.02 Å². The van der Waals surface area contributed by atoms with E-state index in [1.807, 2.05) is 6.08 Å². The number of benzene rings is 1. The number of nitrogens with one attached hydrogen (secondary N) is 1. The van der Waals surface area contributed by atoms with Crippen molar-refractivity contribution in [3.8, 4) is 0 Å². The van der Waals surface area contributed by atoms with Gasteiger partial charge in [0.15, 0.2) is 0 Å². The van der Waals surface area contributed by atoms with Gasteiger partial charge in [-0.1, -0.05) is 17.7 Å².